The first kappa shape index (κ1) is 26.9. The number of nitrogens with two attached hydrogens (primary N) is 3. The van der Waals surface area contributed by atoms with Gasteiger partial charge in [0.25, 0.3) is 5.91 Å². The maximum Gasteiger partial charge on any atom is 0.253 e. The molecule has 0 aliphatic heterocycles. The minimum atomic E-state index is -1.81. The Morgan fingerprint density at radius 1 is 1.25 bits per heavy atom. The number of aliphatic hydroxyl groups is 2. The lowest BCUT2D eigenvalue weighted by Crippen LogP contribution is -2.52. The lowest BCUT2D eigenvalue weighted by Gasteiger charge is -2.16. The fourth-order valence-corrected chi connectivity index (χ4v) is 0.557. The highest BCUT2D eigenvalue weighted by molar-refractivity contribution is 5.84. The lowest BCUT2D eigenvalue weighted by molar-refractivity contribution is -0.140. The average Bonchev–Trinajstić information content (AvgIpc) is 2.50. The van der Waals surface area contributed by atoms with Gasteiger partial charge in [0.05, 0.1) is 6.17 Å². The molecule has 0 rings (SSSR count). The molecule has 0 spiro atoms. The summed E-state index contributed by atoms with van der Waals surface area (Å²) in [5, 5.41) is 19.8. The zero-order valence-corrected chi connectivity index (χ0v) is 12.0. The number of hydrogen-bond acceptors (Lipinski definition) is 7. The zero-order chi connectivity index (χ0) is 17.1. The van der Waals surface area contributed by atoms with Gasteiger partial charge in [-0.05, 0) is 6.54 Å². The van der Waals surface area contributed by atoms with E-state index >= 15 is 0 Å². The van der Waals surface area contributed by atoms with Crippen molar-refractivity contribution in [2.75, 3.05) is 13.1 Å². The van der Waals surface area contributed by atoms with Gasteiger partial charge < -0.3 is 37.5 Å². The first-order valence-corrected chi connectivity index (χ1v) is 5.72. The molecule has 0 aromatic rings. The smallest absolute Gasteiger partial charge is 0.253 e. The van der Waals surface area contributed by atoms with E-state index in [4.69, 9.17) is 27.4 Å². The highest BCUT2D eigenvalue weighted by atomic mass is 16.3. The summed E-state index contributed by atoms with van der Waals surface area (Å²) in [6.45, 7) is 14.6. The van der Waals surface area contributed by atoms with Gasteiger partial charge in [-0.1, -0.05) is 6.92 Å². The first-order chi connectivity index (χ1) is 9.44. The van der Waals surface area contributed by atoms with Crippen molar-refractivity contribution in [3.05, 3.63) is 26.3 Å². The Labute approximate surface area is 120 Å². The molecule has 0 saturated heterocycles. The van der Waals surface area contributed by atoms with Crippen molar-refractivity contribution < 1.29 is 19.8 Å². The van der Waals surface area contributed by atoms with Crippen LogP contribution in [0.2, 0.25) is 0 Å². The van der Waals surface area contributed by atoms with Crippen molar-refractivity contribution in [3.8, 4) is 0 Å². The van der Waals surface area contributed by atoms with Gasteiger partial charge >= 0.3 is 0 Å². The number of amides is 1. The van der Waals surface area contributed by atoms with Crippen LogP contribution < -0.4 is 22.5 Å². The molecule has 120 valence electrons. The number of hydrogen-bond donors (Lipinski definition) is 6. The molecular formula is C12H28N4O4. The quantitative estimate of drug-likeness (QED) is 0.191. The molecule has 0 aliphatic carbocycles. The maximum absolute atomic E-state index is 10.9. The fraction of sp³-hybridized carbons (Fsp3) is 0.500. The Balaban J connectivity index is -0.000000155. The van der Waals surface area contributed by atoms with E-state index in [0.717, 1.165) is 6.54 Å². The van der Waals surface area contributed by atoms with Gasteiger partial charge in [0, 0.05) is 6.54 Å². The summed E-state index contributed by atoms with van der Waals surface area (Å²) in [7, 11) is 0. The SMILES string of the molecule is C=C.C=C.CCN.NCC(N)NC(=O)[C@H](O)[C@@H](O)C=O. The molecule has 0 bridgehead atoms. The standard InChI is InChI=1S/C6H13N3O4.C2H7N.2C2H4/c7-1-4(8)9-6(13)5(12)3(11)2-10;1-2-3;2*1-2/h2-5,11-12H,1,7-8H2,(H,9,13);2-3H2,1H3;2*1-2H2/t3-,4?,5+;;;/m0.../s1. The highest BCUT2D eigenvalue weighted by Crippen LogP contribution is 1.90. The highest BCUT2D eigenvalue weighted by Gasteiger charge is 2.24. The molecule has 8 heteroatoms. The van der Waals surface area contributed by atoms with Crippen molar-refractivity contribution in [1.82, 2.24) is 5.32 Å². The van der Waals surface area contributed by atoms with Crippen molar-refractivity contribution in [2.24, 2.45) is 17.2 Å². The number of aldehydes is 1. The topological polar surface area (TPSA) is 165 Å². The van der Waals surface area contributed by atoms with Crippen LogP contribution in [0.4, 0.5) is 0 Å². The first-order valence-electron chi connectivity index (χ1n) is 5.72. The van der Waals surface area contributed by atoms with Gasteiger partial charge in [0.15, 0.2) is 12.4 Å². The zero-order valence-electron chi connectivity index (χ0n) is 12.0. The van der Waals surface area contributed by atoms with Crippen molar-refractivity contribution in [3.63, 3.8) is 0 Å². The minimum Gasteiger partial charge on any atom is -0.382 e. The van der Waals surface area contributed by atoms with Crippen molar-refractivity contribution in [2.45, 2.75) is 25.3 Å². The second-order valence-electron chi connectivity index (χ2n) is 2.83. The summed E-state index contributed by atoms with van der Waals surface area (Å²) in [6.07, 6.45) is -4.31. The largest absolute Gasteiger partial charge is 0.382 e. The molecule has 0 fully saturated rings. The van der Waals surface area contributed by atoms with Crippen LogP contribution in [0.3, 0.4) is 0 Å². The van der Waals surface area contributed by atoms with E-state index in [0.29, 0.717) is 0 Å². The third kappa shape index (κ3) is 18.8. The predicted molar refractivity (Wildman–Crippen MR) is 80.5 cm³/mol. The number of carbonyl (C=O) groups excluding carboxylic acids is 2. The molecule has 0 aromatic carbocycles. The molecule has 0 radical (unpaired) electrons. The summed E-state index contributed by atoms with van der Waals surface area (Å²) in [5.41, 5.74) is 15.1. The Morgan fingerprint density at radius 2 is 1.60 bits per heavy atom. The molecular weight excluding hydrogens is 264 g/mol. The number of rotatable bonds is 5. The molecule has 0 aliphatic rings. The third-order valence-corrected chi connectivity index (χ3v) is 1.31. The van der Waals surface area contributed by atoms with Crippen LogP contribution in [0.1, 0.15) is 6.92 Å². The van der Waals surface area contributed by atoms with Gasteiger partial charge in [0.1, 0.15) is 6.10 Å². The Morgan fingerprint density at radius 3 is 1.85 bits per heavy atom. The summed E-state index contributed by atoms with van der Waals surface area (Å²) in [5.74, 6) is -0.933. The summed E-state index contributed by atoms with van der Waals surface area (Å²) in [4.78, 5) is 20.9. The second kappa shape index (κ2) is 22.6. The van der Waals surface area contributed by atoms with E-state index < -0.39 is 24.3 Å². The van der Waals surface area contributed by atoms with Crippen molar-refractivity contribution in [1.29, 1.82) is 0 Å². The molecule has 1 amide bonds. The van der Waals surface area contributed by atoms with Gasteiger partial charge in [-0.3, -0.25) is 4.79 Å². The molecule has 1 unspecified atom stereocenters. The maximum atomic E-state index is 10.9. The van der Waals surface area contributed by atoms with E-state index in [1.165, 1.54) is 0 Å². The Bertz CT molecular complexity index is 228. The monoisotopic (exact) mass is 292 g/mol. The van der Waals surface area contributed by atoms with Gasteiger partial charge in [-0.2, -0.15) is 0 Å². The van der Waals surface area contributed by atoms with Gasteiger partial charge in [-0.25, -0.2) is 0 Å². The number of nitrogens with one attached hydrogen (secondary N) is 1. The molecule has 9 N–H and O–H groups in total. The molecule has 20 heavy (non-hydrogen) atoms. The van der Waals surface area contributed by atoms with Crippen molar-refractivity contribution >= 4 is 12.2 Å². The van der Waals surface area contributed by atoms with Gasteiger partial charge in [-0.15, -0.1) is 26.3 Å². The van der Waals surface area contributed by atoms with Gasteiger partial charge in [0.2, 0.25) is 0 Å². The number of carbonyl (C=O) groups is 2. The van der Waals surface area contributed by atoms with E-state index in [-0.39, 0.29) is 12.8 Å². The Kier molecular flexibility index (Phi) is 30.4. The van der Waals surface area contributed by atoms with E-state index in [1.807, 2.05) is 6.92 Å². The van der Waals surface area contributed by atoms with Crippen LogP contribution in [0.5, 0.6) is 0 Å². The fourth-order valence-electron chi connectivity index (χ4n) is 0.557. The van der Waals surface area contributed by atoms with Crippen LogP contribution in [0, 0.1) is 0 Å². The third-order valence-electron chi connectivity index (χ3n) is 1.31. The van der Waals surface area contributed by atoms with E-state index in [1.54, 1.807) is 0 Å². The van der Waals surface area contributed by atoms with E-state index in [9.17, 15) is 9.59 Å². The molecule has 0 heterocycles. The summed E-state index contributed by atoms with van der Waals surface area (Å²) >= 11 is 0. The van der Waals surface area contributed by atoms with E-state index in [2.05, 4.69) is 31.6 Å². The molecule has 0 aromatic heterocycles. The van der Waals surface area contributed by atoms with Crippen LogP contribution in [-0.4, -0.2) is 53.9 Å². The minimum absolute atomic E-state index is 0.00432. The van der Waals surface area contributed by atoms with Crippen LogP contribution >= 0.6 is 0 Å². The molecule has 0 saturated carbocycles. The normalized spacial score (nSPS) is 12.5. The second-order valence-corrected chi connectivity index (χ2v) is 2.83. The molecule has 3 atom stereocenters. The average molecular weight is 292 g/mol. The summed E-state index contributed by atoms with van der Waals surface area (Å²) < 4.78 is 0. The number of aliphatic hydroxyl groups excluding tert-OH is 2. The Hall–Kier alpha value is -1.58. The van der Waals surface area contributed by atoms with Crippen LogP contribution in [0.25, 0.3) is 0 Å². The van der Waals surface area contributed by atoms with Crippen LogP contribution in [-0.2, 0) is 9.59 Å². The molecule has 8 nitrogen and oxygen atoms in total. The lowest BCUT2D eigenvalue weighted by atomic mass is 10.2. The summed E-state index contributed by atoms with van der Waals surface area (Å²) in [6, 6.07) is 0. The van der Waals surface area contributed by atoms with Crippen LogP contribution in [0.15, 0.2) is 26.3 Å². The predicted octanol–water partition coefficient (Wildman–Crippen LogP) is -2.16.